The summed E-state index contributed by atoms with van der Waals surface area (Å²) >= 11 is 22.0. The summed E-state index contributed by atoms with van der Waals surface area (Å²) in [5.74, 6) is 0. The average Bonchev–Trinajstić information content (AvgIpc) is 2.42. The molecular weight excluding hydrogens is 648 g/mol. The van der Waals surface area contributed by atoms with Crippen molar-refractivity contribution in [1.82, 2.24) is 0 Å². The average molecular weight is 652 g/mol. The highest BCUT2D eigenvalue weighted by molar-refractivity contribution is 9.15. The zero-order valence-electron chi connectivity index (χ0n) is 9.58. The maximum absolute atomic E-state index is 3.76. The molecule has 0 nitrogen and oxygen atoms in total. The van der Waals surface area contributed by atoms with Crippen LogP contribution in [0.3, 0.4) is 0 Å². The van der Waals surface area contributed by atoms with E-state index in [9.17, 15) is 0 Å². The van der Waals surface area contributed by atoms with Gasteiger partial charge in [0.25, 0.3) is 0 Å². The molecule has 3 aromatic carbocycles. The first kappa shape index (κ1) is 15.9. The highest BCUT2D eigenvalue weighted by atomic mass is 79.9. The summed E-state index contributed by atoms with van der Waals surface area (Å²) in [7, 11) is 0. The van der Waals surface area contributed by atoms with Crippen LogP contribution >= 0.6 is 95.6 Å². The van der Waals surface area contributed by atoms with E-state index >= 15 is 0 Å². The molecule has 0 atom stereocenters. The van der Waals surface area contributed by atoms with Gasteiger partial charge in [-0.1, -0.05) is 28.1 Å². The van der Waals surface area contributed by atoms with Crippen molar-refractivity contribution in [2.24, 2.45) is 0 Å². The minimum Gasteiger partial charge on any atom is -0.0605 e. The molecule has 0 unspecified atom stereocenters. The van der Waals surface area contributed by atoms with Crippen LogP contribution in [0.15, 0.2) is 51.1 Å². The van der Waals surface area contributed by atoms with Crippen LogP contribution in [0, 0.1) is 0 Å². The standard InChI is InChI=1S/C14H4Br6/c15-7-3-1-2-5-4-6-9(11(17)8(5)7)12(18)14(20)13(19)10(6)16/h1-4H. The van der Waals surface area contributed by atoms with Crippen LogP contribution in [-0.4, -0.2) is 0 Å². The van der Waals surface area contributed by atoms with Crippen LogP contribution in [0.25, 0.3) is 21.5 Å². The molecule has 0 radical (unpaired) electrons. The van der Waals surface area contributed by atoms with Gasteiger partial charge in [0.15, 0.2) is 0 Å². The predicted molar refractivity (Wildman–Crippen MR) is 108 cm³/mol. The van der Waals surface area contributed by atoms with E-state index in [1.807, 2.05) is 6.07 Å². The Morgan fingerprint density at radius 1 is 0.600 bits per heavy atom. The van der Waals surface area contributed by atoms with Crippen LogP contribution in [0.2, 0.25) is 0 Å². The molecule has 3 rings (SSSR count). The Bertz CT molecular complexity index is 869. The fourth-order valence-electron chi connectivity index (χ4n) is 2.17. The molecule has 0 spiro atoms. The Morgan fingerprint density at radius 2 is 1.25 bits per heavy atom. The van der Waals surface area contributed by atoms with Gasteiger partial charge in [0.05, 0.1) is 0 Å². The smallest absolute Gasteiger partial charge is 0.0477 e. The molecule has 0 aliphatic rings. The maximum Gasteiger partial charge on any atom is 0.0477 e. The summed E-state index contributed by atoms with van der Waals surface area (Å²) in [6.45, 7) is 0. The normalized spacial score (nSPS) is 11.5. The SMILES string of the molecule is Brc1c(Br)c(Br)c2c(Br)c3c(Br)cccc3cc2c1Br. The largest absolute Gasteiger partial charge is 0.0605 e. The second-order valence-electron chi connectivity index (χ2n) is 4.21. The summed E-state index contributed by atoms with van der Waals surface area (Å²) in [4.78, 5) is 0. The first-order valence-corrected chi connectivity index (χ1v) is 10.2. The van der Waals surface area contributed by atoms with Crippen molar-refractivity contribution in [2.75, 3.05) is 0 Å². The lowest BCUT2D eigenvalue weighted by atomic mass is 10.0. The summed E-state index contributed by atoms with van der Waals surface area (Å²) in [6.07, 6.45) is 0. The molecule has 0 N–H and O–H groups in total. The lowest BCUT2D eigenvalue weighted by molar-refractivity contribution is 1.56. The Morgan fingerprint density at radius 3 is 1.95 bits per heavy atom. The van der Waals surface area contributed by atoms with Gasteiger partial charge in [-0.25, -0.2) is 0 Å². The van der Waals surface area contributed by atoms with E-state index in [2.05, 4.69) is 114 Å². The van der Waals surface area contributed by atoms with E-state index in [0.717, 1.165) is 37.6 Å². The summed E-state index contributed by atoms with van der Waals surface area (Å²) in [5.41, 5.74) is 0. The Kier molecular flexibility index (Phi) is 4.72. The molecular formula is C14H4Br6. The van der Waals surface area contributed by atoms with Crippen LogP contribution in [0.4, 0.5) is 0 Å². The first-order chi connectivity index (χ1) is 9.43. The number of rotatable bonds is 0. The third-order valence-electron chi connectivity index (χ3n) is 3.09. The predicted octanol–water partition coefficient (Wildman–Crippen LogP) is 8.57. The molecule has 6 heteroatoms. The number of hydrogen-bond donors (Lipinski definition) is 0. The Hall–Kier alpha value is 1.06. The van der Waals surface area contributed by atoms with Crippen LogP contribution in [0.1, 0.15) is 0 Å². The topological polar surface area (TPSA) is 0 Å². The van der Waals surface area contributed by atoms with Crippen molar-refractivity contribution in [3.8, 4) is 0 Å². The highest BCUT2D eigenvalue weighted by Crippen LogP contribution is 2.48. The number of fused-ring (bicyclic) bond motifs is 2. The lowest BCUT2D eigenvalue weighted by Crippen LogP contribution is -1.87. The zero-order chi connectivity index (χ0) is 14.6. The third-order valence-corrected chi connectivity index (χ3v) is 9.34. The van der Waals surface area contributed by atoms with E-state index in [4.69, 9.17) is 0 Å². The van der Waals surface area contributed by atoms with Gasteiger partial charge in [0.1, 0.15) is 0 Å². The van der Waals surface area contributed by atoms with Crippen molar-refractivity contribution in [2.45, 2.75) is 0 Å². The summed E-state index contributed by atoms with van der Waals surface area (Å²) in [5, 5.41) is 4.62. The van der Waals surface area contributed by atoms with Crippen molar-refractivity contribution in [1.29, 1.82) is 0 Å². The monoisotopic (exact) mass is 646 g/mol. The van der Waals surface area contributed by atoms with Crippen LogP contribution in [0.5, 0.6) is 0 Å². The molecule has 0 aliphatic carbocycles. The number of halogens is 6. The number of benzene rings is 3. The molecule has 0 fully saturated rings. The zero-order valence-corrected chi connectivity index (χ0v) is 19.1. The van der Waals surface area contributed by atoms with Crippen molar-refractivity contribution in [3.63, 3.8) is 0 Å². The molecule has 0 saturated heterocycles. The van der Waals surface area contributed by atoms with Crippen LogP contribution in [-0.2, 0) is 0 Å². The van der Waals surface area contributed by atoms with E-state index in [0.29, 0.717) is 0 Å². The van der Waals surface area contributed by atoms with Gasteiger partial charge < -0.3 is 0 Å². The highest BCUT2D eigenvalue weighted by Gasteiger charge is 2.18. The fourth-order valence-corrected chi connectivity index (χ4v) is 6.60. The van der Waals surface area contributed by atoms with Gasteiger partial charge in [-0.2, -0.15) is 0 Å². The minimum absolute atomic E-state index is 0.990. The van der Waals surface area contributed by atoms with Crippen molar-refractivity contribution >= 4 is 117 Å². The molecule has 0 bridgehead atoms. The van der Waals surface area contributed by atoms with E-state index in [1.165, 1.54) is 10.8 Å². The molecule has 3 aromatic rings. The molecule has 0 heterocycles. The maximum atomic E-state index is 3.76. The lowest BCUT2D eigenvalue weighted by Gasteiger charge is -2.14. The van der Waals surface area contributed by atoms with Gasteiger partial charge >= 0.3 is 0 Å². The van der Waals surface area contributed by atoms with Gasteiger partial charge in [0, 0.05) is 37.6 Å². The first-order valence-electron chi connectivity index (χ1n) is 5.46. The Balaban J connectivity index is 2.68. The van der Waals surface area contributed by atoms with Gasteiger partial charge in [-0.05, 0) is 103 Å². The van der Waals surface area contributed by atoms with E-state index in [-0.39, 0.29) is 0 Å². The van der Waals surface area contributed by atoms with E-state index in [1.54, 1.807) is 0 Å². The second-order valence-corrected chi connectivity index (χ2v) is 9.03. The van der Waals surface area contributed by atoms with E-state index < -0.39 is 0 Å². The molecule has 102 valence electrons. The molecule has 0 amide bonds. The third kappa shape index (κ3) is 2.38. The summed E-state index contributed by atoms with van der Waals surface area (Å²) in [6, 6.07) is 8.39. The van der Waals surface area contributed by atoms with Crippen molar-refractivity contribution < 1.29 is 0 Å². The Labute approximate surface area is 166 Å². The fraction of sp³-hybridized carbons (Fsp3) is 0. The van der Waals surface area contributed by atoms with Gasteiger partial charge in [0.2, 0.25) is 0 Å². The molecule has 0 aliphatic heterocycles. The minimum atomic E-state index is 0.990. The molecule has 0 saturated carbocycles. The number of hydrogen-bond acceptors (Lipinski definition) is 0. The summed E-state index contributed by atoms with van der Waals surface area (Å²) < 4.78 is 6.18. The van der Waals surface area contributed by atoms with Crippen molar-refractivity contribution in [3.05, 3.63) is 51.1 Å². The molecule has 20 heavy (non-hydrogen) atoms. The van der Waals surface area contributed by atoms with Gasteiger partial charge in [-0.3, -0.25) is 0 Å². The van der Waals surface area contributed by atoms with Gasteiger partial charge in [-0.15, -0.1) is 0 Å². The quantitative estimate of drug-likeness (QED) is 0.130. The second kappa shape index (κ2) is 5.93. The molecule has 0 aromatic heterocycles. The van der Waals surface area contributed by atoms with Crippen LogP contribution < -0.4 is 0 Å².